The van der Waals surface area contributed by atoms with E-state index in [0.717, 1.165) is 16.8 Å². The normalized spacial score (nSPS) is 11.9. The molecule has 0 spiro atoms. The van der Waals surface area contributed by atoms with Crippen LogP contribution in [0.15, 0.2) is 44.2 Å². The second-order valence-corrected chi connectivity index (χ2v) is 6.61. The van der Waals surface area contributed by atoms with Gasteiger partial charge in [0.25, 0.3) is 21.6 Å². The van der Waals surface area contributed by atoms with E-state index in [1.165, 1.54) is 12.1 Å². The highest BCUT2D eigenvalue weighted by molar-refractivity contribution is 7.85. The van der Waals surface area contributed by atoms with Gasteiger partial charge in [0.15, 0.2) is 5.69 Å². The van der Waals surface area contributed by atoms with Crippen molar-refractivity contribution >= 4 is 27.7 Å². The number of azo groups is 1. The van der Waals surface area contributed by atoms with Crippen LogP contribution in [0.4, 0.5) is 11.6 Å². The molecule has 14 heteroatoms. The Morgan fingerprint density at radius 1 is 1.22 bits per heavy atom. The van der Waals surface area contributed by atoms with Gasteiger partial charge in [0, 0.05) is 0 Å². The van der Waals surface area contributed by atoms with Crippen molar-refractivity contribution in [1.29, 1.82) is 0 Å². The quantitative estimate of drug-likeness (QED) is 0.363. The van der Waals surface area contributed by atoms with Gasteiger partial charge in [-0.1, -0.05) is 0 Å². The van der Waals surface area contributed by atoms with Crippen molar-refractivity contribution in [3.63, 3.8) is 0 Å². The third kappa shape index (κ3) is 3.65. The summed E-state index contributed by atoms with van der Waals surface area (Å²) in [4.78, 5) is 26.4. The van der Waals surface area contributed by atoms with Crippen LogP contribution in [-0.2, 0) is 10.1 Å². The summed E-state index contributed by atoms with van der Waals surface area (Å²) in [5.74, 6) is -2.01. The van der Waals surface area contributed by atoms with E-state index >= 15 is 0 Å². The van der Waals surface area contributed by atoms with Crippen molar-refractivity contribution in [3.05, 3.63) is 46.1 Å². The highest BCUT2D eigenvalue weighted by Crippen LogP contribution is 2.18. The maximum atomic E-state index is 12.5. The van der Waals surface area contributed by atoms with Gasteiger partial charge in [-0.3, -0.25) is 19.5 Å². The van der Waals surface area contributed by atoms with Crippen molar-refractivity contribution in [2.24, 2.45) is 10.2 Å². The van der Waals surface area contributed by atoms with E-state index in [1.54, 1.807) is 6.92 Å². The molecular formula is C13H11N7O6S. The van der Waals surface area contributed by atoms with Gasteiger partial charge in [-0.05, 0) is 31.2 Å². The molecule has 27 heavy (non-hydrogen) atoms. The lowest BCUT2D eigenvalue weighted by Gasteiger charge is -2.02. The topological polar surface area (TPSA) is 196 Å². The van der Waals surface area contributed by atoms with Crippen LogP contribution in [0, 0.1) is 6.92 Å². The average molecular weight is 393 g/mol. The largest absolute Gasteiger partial charge is 0.475 e. The van der Waals surface area contributed by atoms with E-state index in [4.69, 9.17) is 9.66 Å². The summed E-state index contributed by atoms with van der Waals surface area (Å²) in [5.41, 5.74) is -0.0278. The fraction of sp³-hybridized carbons (Fsp3) is 0.0769. The second kappa shape index (κ2) is 6.58. The van der Waals surface area contributed by atoms with E-state index < -0.39 is 27.5 Å². The maximum absolute atomic E-state index is 12.5. The molecule has 2 aromatic heterocycles. The van der Waals surface area contributed by atoms with Crippen LogP contribution in [0.5, 0.6) is 0 Å². The number of carboxylic acids is 1. The molecule has 2 heterocycles. The van der Waals surface area contributed by atoms with E-state index in [2.05, 4.69) is 30.5 Å². The first-order valence-electron chi connectivity index (χ1n) is 7.14. The van der Waals surface area contributed by atoms with E-state index in [9.17, 15) is 18.0 Å². The van der Waals surface area contributed by atoms with Gasteiger partial charge in [-0.15, -0.1) is 15.3 Å². The number of carboxylic acid groups (broad SMARTS) is 1. The fourth-order valence-electron chi connectivity index (χ4n) is 2.09. The molecule has 0 aliphatic heterocycles. The number of nitrogens with one attached hydrogen (secondary N) is 2. The van der Waals surface area contributed by atoms with Crippen LogP contribution in [-0.4, -0.2) is 49.0 Å². The third-order valence-corrected chi connectivity index (χ3v) is 4.22. The zero-order chi connectivity index (χ0) is 19.8. The molecule has 3 aromatic rings. The van der Waals surface area contributed by atoms with Crippen LogP contribution in [0.25, 0.3) is 5.69 Å². The molecule has 0 atom stereocenters. The molecule has 140 valence electrons. The lowest BCUT2D eigenvalue weighted by atomic mass is 10.3. The van der Waals surface area contributed by atoms with Crippen molar-refractivity contribution < 1.29 is 22.9 Å². The number of hydrogen-bond donors (Lipinski definition) is 4. The minimum Gasteiger partial charge on any atom is -0.475 e. The molecule has 4 N–H and O–H groups in total. The smallest absolute Gasteiger partial charge is 0.373 e. The lowest BCUT2D eigenvalue weighted by Crippen LogP contribution is -2.14. The molecule has 0 aliphatic carbocycles. The standard InChI is InChI=1S/C13H11N7O6S/c1-6-9(15-17-13-14-10(12(22)23)16-18-13)11(21)20(19-6)7-2-4-8(5-3-7)27(24,25)26/h2-5,19H,1H3,(H,22,23)(H,14,16,18)(H,24,25,26). The maximum Gasteiger partial charge on any atom is 0.373 e. The van der Waals surface area contributed by atoms with Gasteiger partial charge in [0.05, 0.1) is 16.3 Å². The first-order chi connectivity index (χ1) is 12.7. The van der Waals surface area contributed by atoms with Gasteiger partial charge < -0.3 is 5.11 Å². The first kappa shape index (κ1) is 18.2. The summed E-state index contributed by atoms with van der Waals surface area (Å²) < 4.78 is 32.2. The first-order valence-corrected chi connectivity index (χ1v) is 8.58. The Kier molecular flexibility index (Phi) is 4.42. The number of nitrogens with zero attached hydrogens (tertiary/aromatic N) is 5. The Balaban J connectivity index is 1.93. The zero-order valence-corrected chi connectivity index (χ0v) is 14.3. The van der Waals surface area contributed by atoms with E-state index in [0.29, 0.717) is 11.4 Å². The number of aromatic amines is 2. The Labute approximate surface area is 150 Å². The van der Waals surface area contributed by atoms with Gasteiger partial charge >= 0.3 is 5.97 Å². The van der Waals surface area contributed by atoms with Crippen LogP contribution >= 0.6 is 0 Å². The average Bonchev–Trinajstić information content (AvgIpc) is 3.18. The fourth-order valence-corrected chi connectivity index (χ4v) is 2.57. The number of rotatable bonds is 5. The molecule has 0 saturated carbocycles. The van der Waals surface area contributed by atoms with E-state index in [-0.39, 0.29) is 16.5 Å². The number of aromatic nitrogens is 5. The lowest BCUT2D eigenvalue weighted by molar-refractivity contribution is 0.0684. The Bertz CT molecular complexity index is 1200. The summed E-state index contributed by atoms with van der Waals surface area (Å²) in [7, 11) is -4.35. The number of hydrogen-bond acceptors (Lipinski definition) is 8. The number of benzene rings is 1. The second-order valence-electron chi connectivity index (χ2n) is 5.18. The SMILES string of the molecule is Cc1[nH]n(-c2ccc(S(=O)(=O)O)cc2)c(=O)c1N=Nc1n[nH]c(C(=O)O)n1. The van der Waals surface area contributed by atoms with Crippen molar-refractivity contribution in [1.82, 2.24) is 25.0 Å². The number of aromatic carboxylic acids is 1. The molecule has 0 saturated heterocycles. The Hall–Kier alpha value is -3.65. The highest BCUT2D eigenvalue weighted by atomic mass is 32.2. The molecule has 0 unspecified atom stereocenters. The zero-order valence-electron chi connectivity index (χ0n) is 13.5. The summed E-state index contributed by atoms with van der Waals surface area (Å²) in [5, 5.41) is 24.5. The predicted octanol–water partition coefficient (Wildman–Crippen LogP) is 0.952. The monoisotopic (exact) mass is 393 g/mol. The van der Waals surface area contributed by atoms with Gasteiger partial charge in [0.2, 0.25) is 5.82 Å². The number of carbonyl (C=O) groups is 1. The minimum atomic E-state index is -4.35. The van der Waals surface area contributed by atoms with Crippen LogP contribution in [0.3, 0.4) is 0 Å². The molecule has 13 nitrogen and oxygen atoms in total. The van der Waals surface area contributed by atoms with E-state index in [1.807, 2.05) is 0 Å². The van der Waals surface area contributed by atoms with Gasteiger partial charge in [0.1, 0.15) is 0 Å². The predicted molar refractivity (Wildman–Crippen MR) is 88.5 cm³/mol. The molecule has 3 rings (SSSR count). The minimum absolute atomic E-state index is 0.0736. The highest BCUT2D eigenvalue weighted by Gasteiger charge is 2.15. The molecule has 0 radical (unpaired) electrons. The van der Waals surface area contributed by atoms with Crippen LogP contribution < -0.4 is 5.56 Å². The Morgan fingerprint density at radius 3 is 2.44 bits per heavy atom. The van der Waals surface area contributed by atoms with Crippen LogP contribution in [0.1, 0.15) is 16.3 Å². The third-order valence-electron chi connectivity index (χ3n) is 3.35. The van der Waals surface area contributed by atoms with Crippen molar-refractivity contribution in [3.8, 4) is 5.69 Å². The van der Waals surface area contributed by atoms with Gasteiger partial charge in [-0.2, -0.15) is 13.4 Å². The number of H-pyrrole nitrogens is 2. The molecule has 0 aliphatic rings. The summed E-state index contributed by atoms with van der Waals surface area (Å²) in [6.45, 7) is 1.56. The van der Waals surface area contributed by atoms with Gasteiger partial charge in [-0.25, -0.2) is 9.48 Å². The summed E-state index contributed by atoms with van der Waals surface area (Å²) >= 11 is 0. The number of aryl methyl sites for hydroxylation is 1. The van der Waals surface area contributed by atoms with Crippen molar-refractivity contribution in [2.45, 2.75) is 11.8 Å². The van der Waals surface area contributed by atoms with Crippen molar-refractivity contribution in [2.75, 3.05) is 0 Å². The summed E-state index contributed by atoms with van der Waals surface area (Å²) in [6.07, 6.45) is 0. The molecule has 0 fully saturated rings. The summed E-state index contributed by atoms with van der Waals surface area (Å²) in [6, 6.07) is 4.90. The molecule has 1 aromatic carbocycles. The van der Waals surface area contributed by atoms with Crippen LogP contribution in [0.2, 0.25) is 0 Å². The Morgan fingerprint density at radius 2 is 1.89 bits per heavy atom. The molecular weight excluding hydrogens is 382 g/mol. The molecule has 0 amide bonds. The molecule has 0 bridgehead atoms.